The first-order valence-corrected chi connectivity index (χ1v) is 6.88. The van der Waals surface area contributed by atoms with Crippen LogP contribution in [-0.4, -0.2) is 13.7 Å². The lowest BCUT2D eigenvalue weighted by Gasteiger charge is -2.01. The Morgan fingerprint density at radius 1 is 1.21 bits per heavy atom. The Labute approximate surface area is 92.5 Å². The summed E-state index contributed by atoms with van der Waals surface area (Å²) < 4.78 is 21.9. The lowest BCUT2D eigenvalue weighted by molar-refractivity contribution is 0.598. The second-order valence-electron chi connectivity index (χ2n) is 2.98. The molecular formula is C9H12BrNO2S. The lowest BCUT2D eigenvalue weighted by Crippen LogP contribution is -2.11. The van der Waals surface area contributed by atoms with Crippen molar-refractivity contribution in [2.45, 2.75) is 17.7 Å². The van der Waals surface area contributed by atoms with Crippen LogP contribution in [0.5, 0.6) is 0 Å². The molecule has 0 unspecified atom stereocenters. The molecule has 0 aliphatic heterocycles. The van der Waals surface area contributed by atoms with E-state index in [1.54, 1.807) is 24.3 Å². The summed E-state index contributed by atoms with van der Waals surface area (Å²) in [6.07, 6.45) is 1.98. The summed E-state index contributed by atoms with van der Waals surface area (Å²) in [4.78, 5) is 0.167. The molecule has 1 aromatic carbocycles. The predicted molar refractivity (Wildman–Crippen MR) is 59.9 cm³/mol. The van der Waals surface area contributed by atoms with Crippen LogP contribution < -0.4 is 5.14 Å². The third kappa shape index (κ3) is 3.40. The number of primary sulfonamides is 1. The molecule has 0 atom stereocenters. The Kier molecular flexibility index (Phi) is 4.10. The lowest BCUT2D eigenvalue weighted by atomic mass is 10.1. The maximum Gasteiger partial charge on any atom is 0.238 e. The molecule has 0 heterocycles. The fourth-order valence-corrected chi connectivity index (χ4v) is 1.91. The molecule has 0 bridgehead atoms. The first-order chi connectivity index (χ1) is 6.54. The summed E-state index contributed by atoms with van der Waals surface area (Å²) in [7, 11) is -3.55. The highest BCUT2D eigenvalue weighted by atomic mass is 79.9. The van der Waals surface area contributed by atoms with Crippen LogP contribution in [-0.2, 0) is 16.4 Å². The molecule has 0 aromatic heterocycles. The van der Waals surface area contributed by atoms with Crippen LogP contribution in [0, 0.1) is 0 Å². The van der Waals surface area contributed by atoms with Crippen molar-refractivity contribution in [3.63, 3.8) is 0 Å². The Bertz CT molecular complexity index is 386. The minimum atomic E-state index is -3.55. The van der Waals surface area contributed by atoms with Gasteiger partial charge in [0.2, 0.25) is 10.0 Å². The molecule has 0 radical (unpaired) electrons. The van der Waals surface area contributed by atoms with E-state index in [0.717, 1.165) is 23.7 Å². The van der Waals surface area contributed by atoms with Crippen LogP contribution >= 0.6 is 15.9 Å². The molecule has 0 saturated heterocycles. The van der Waals surface area contributed by atoms with Gasteiger partial charge in [-0.15, -0.1) is 0 Å². The van der Waals surface area contributed by atoms with Crippen LogP contribution in [0.25, 0.3) is 0 Å². The van der Waals surface area contributed by atoms with E-state index >= 15 is 0 Å². The monoisotopic (exact) mass is 277 g/mol. The fraction of sp³-hybridized carbons (Fsp3) is 0.333. The molecule has 0 amide bonds. The number of nitrogens with two attached hydrogens (primary N) is 1. The Morgan fingerprint density at radius 2 is 1.79 bits per heavy atom. The van der Waals surface area contributed by atoms with Gasteiger partial charge in [0, 0.05) is 5.33 Å². The molecular weight excluding hydrogens is 266 g/mol. The van der Waals surface area contributed by atoms with E-state index in [0.29, 0.717) is 0 Å². The molecule has 2 N–H and O–H groups in total. The second kappa shape index (κ2) is 4.91. The molecule has 0 aliphatic carbocycles. The smallest absolute Gasteiger partial charge is 0.225 e. The van der Waals surface area contributed by atoms with Crippen molar-refractivity contribution in [2.75, 3.05) is 5.33 Å². The van der Waals surface area contributed by atoms with Gasteiger partial charge < -0.3 is 0 Å². The van der Waals surface area contributed by atoms with Crippen LogP contribution in [0.2, 0.25) is 0 Å². The van der Waals surface area contributed by atoms with Gasteiger partial charge in [-0.2, -0.15) is 0 Å². The van der Waals surface area contributed by atoms with E-state index in [9.17, 15) is 8.42 Å². The minimum absolute atomic E-state index is 0.167. The standard InChI is InChI=1S/C9H12BrNO2S/c10-7-1-2-8-3-5-9(6-4-8)14(11,12)13/h3-6H,1-2,7H2,(H2,11,12,13). The third-order valence-electron chi connectivity index (χ3n) is 1.85. The summed E-state index contributed by atoms with van der Waals surface area (Å²) >= 11 is 3.34. The zero-order chi connectivity index (χ0) is 10.6. The molecule has 0 spiro atoms. The van der Waals surface area contributed by atoms with Crippen molar-refractivity contribution >= 4 is 26.0 Å². The SMILES string of the molecule is NS(=O)(=O)c1ccc(CCCBr)cc1. The average molecular weight is 278 g/mol. The van der Waals surface area contributed by atoms with Crippen molar-refractivity contribution in [3.8, 4) is 0 Å². The van der Waals surface area contributed by atoms with Gasteiger partial charge in [-0.3, -0.25) is 0 Å². The molecule has 14 heavy (non-hydrogen) atoms. The largest absolute Gasteiger partial charge is 0.238 e. The average Bonchev–Trinajstić information content (AvgIpc) is 2.14. The van der Waals surface area contributed by atoms with E-state index in [-0.39, 0.29) is 4.90 Å². The Hall–Kier alpha value is -0.390. The summed E-state index contributed by atoms with van der Waals surface area (Å²) in [6.45, 7) is 0. The van der Waals surface area contributed by atoms with Crippen molar-refractivity contribution in [3.05, 3.63) is 29.8 Å². The van der Waals surface area contributed by atoms with E-state index in [4.69, 9.17) is 5.14 Å². The predicted octanol–water partition coefficient (Wildman–Crippen LogP) is 1.66. The van der Waals surface area contributed by atoms with Gasteiger partial charge in [0.15, 0.2) is 0 Å². The maximum atomic E-state index is 10.9. The first kappa shape index (κ1) is 11.7. The molecule has 1 rings (SSSR count). The Morgan fingerprint density at radius 3 is 2.21 bits per heavy atom. The van der Waals surface area contributed by atoms with Crippen LogP contribution in [0.15, 0.2) is 29.2 Å². The van der Waals surface area contributed by atoms with Crippen LogP contribution in [0.4, 0.5) is 0 Å². The minimum Gasteiger partial charge on any atom is -0.225 e. The highest BCUT2D eigenvalue weighted by Crippen LogP contribution is 2.10. The zero-order valence-electron chi connectivity index (χ0n) is 7.61. The number of benzene rings is 1. The molecule has 1 aromatic rings. The van der Waals surface area contributed by atoms with Crippen LogP contribution in [0.1, 0.15) is 12.0 Å². The number of sulfonamides is 1. The number of rotatable bonds is 4. The van der Waals surface area contributed by atoms with E-state index in [2.05, 4.69) is 15.9 Å². The summed E-state index contributed by atoms with van der Waals surface area (Å²) in [5, 5.41) is 5.92. The summed E-state index contributed by atoms with van der Waals surface area (Å²) in [5.41, 5.74) is 1.12. The van der Waals surface area contributed by atoms with Crippen molar-refractivity contribution in [1.29, 1.82) is 0 Å². The highest BCUT2D eigenvalue weighted by Gasteiger charge is 2.05. The van der Waals surface area contributed by atoms with Gasteiger partial charge in [-0.1, -0.05) is 28.1 Å². The van der Waals surface area contributed by atoms with Gasteiger partial charge in [-0.25, -0.2) is 13.6 Å². The van der Waals surface area contributed by atoms with Crippen LogP contribution in [0.3, 0.4) is 0 Å². The first-order valence-electron chi connectivity index (χ1n) is 4.22. The maximum absolute atomic E-state index is 10.9. The van der Waals surface area contributed by atoms with E-state index in [1.807, 2.05) is 0 Å². The molecule has 0 saturated carbocycles. The molecule has 78 valence electrons. The normalized spacial score (nSPS) is 11.6. The topological polar surface area (TPSA) is 60.2 Å². The van der Waals surface area contributed by atoms with Gasteiger partial charge in [-0.05, 0) is 30.5 Å². The number of halogens is 1. The van der Waals surface area contributed by atoms with Crippen molar-refractivity contribution in [2.24, 2.45) is 5.14 Å². The van der Waals surface area contributed by atoms with Crippen molar-refractivity contribution < 1.29 is 8.42 Å². The zero-order valence-corrected chi connectivity index (χ0v) is 10.0. The molecule has 0 fully saturated rings. The summed E-state index contributed by atoms with van der Waals surface area (Å²) in [5.74, 6) is 0. The second-order valence-corrected chi connectivity index (χ2v) is 5.34. The quantitative estimate of drug-likeness (QED) is 0.851. The Balaban J connectivity index is 2.79. The van der Waals surface area contributed by atoms with Gasteiger partial charge in [0.25, 0.3) is 0 Å². The number of alkyl halides is 1. The van der Waals surface area contributed by atoms with Gasteiger partial charge in [0.1, 0.15) is 0 Å². The molecule has 0 aliphatic rings. The highest BCUT2D eigenvalue weighted by molar-refractivity contribution is 9.09. The number of hydrogen-bond acceptors (Lipinski definition) is 2. The number of hydrogen-bond donors (Lipinski definition) is 1. The van der Waals surface area contributed by atoms with Crippen molar-refractivity contribution in [1.82, 2.24) is 0 Å². The summed E-state index contributed by atoms with van der Waals surface area (Å²) in [6, 6.07) is 6.67. The third-order valence-corrected chi connectivity index (χ3v) is 3.34. The van der Waals surface area contributed by atoms with E-state index < -0.39 is 10.0 Å². The van der Waals surface area contributed by atoms with E-state index in [1.165, 1.54) is 0 Å². The fourth-order valence-electron chi connectivity index (χ4n) is 1.12. The number of aryl methyl sites for hydroxylation is 1. The van der Waals surface area contributed by atoms with Gasteiger partial charge >= 0.3 is 0 Å². The molecule has 5 heteroatoms. The van der Waals surface area contributed by atoms with Gasteiger partial charge in [0.05, 0.1) is 4.90 Å². The molecule has 3 nitrogen and oxygen atoms in total.